The van der Waals surface area contributed by atoms with Gasteiger partial charge in [0.15, 0.2) is 15.9 Å². The van der Waals surface area contributed by atoms with Crippen LogP contribution in [0.1, 0.15) is 13.3 Å². The Hall–Kier alpha value is -1.39. The van der Waals surface area contributed by atoms with Gasteiger partial charge < -0.3 is 4.74 Å². The standard InChI is InChI=1S/C12H14FN3O3S3/c1-3-6-20-12-15-14-11(21-12)16-22(17,18)8-4-5-10(19-2)9(13)7-8/h4-5,7H,3,6H2,1-2H3,(H,14,16). The maximum atomic E-state index is 13.6. The van der Waals surface area contributed by atoms with Crippen molar-refractivity contribution < 1.29 is 17.5 Å². The lowest BCUT2D eigenvalue weighted by molar-refractivity contribution is 0.385. The SMILES string of the molecule is CCCSc1nnc(NS(=O)(=O)c2ccc(OC)c(F)c2)s1. The van der Waals surface area contributed by atoms with Gasteiger partial charge in [0, 0.05) is 5.75 Å². The van der Waals surface area contributed by atoms with E-state index in [2.05, 4.69) is 14.9 Å². The van der Waals surface area contributed by atoms with Gasteiger partial charge in [0.05, 0.1) is 12.0 Å². The number of aromatic nitrogens is 2. The summed E-state index contributed by atoms with van der Waals surface area (Å²) in [5, 5.41) is 7.81. The Labute approximate surface area is 136 Å². The van der Waals surface area contributed by atoms with Crippen LogP contribution in [0.15, 0.2) is 27.4 Å². The van der Waals surface area contributed by atoms with Crippen molar-refractivity contribution in [3.05, 3.63) is 24.0 Å². The molecule has 120 valence electrons. The molecule has 0 spiro atoms. The summed E-state index contributed by atoms with van der Waals surface area (Å²) in [6.07, 6.45) is 0.983. The Bertz CT molecular complexity index is 749. The lowest BCUT2D eigenvalue weighted by Gasteiger charge is -2.06. The van der Waals surface area contributed by atoms with Gasteiger partial charge in [-0.25, -0.2) is 12.8 Å². The quantitative estimate of drug-likeness (QED) is 0.762. The highest BCUT2D eigenvalue weighted by Gasteiger charge is 2.19. The van der Waals surface area contributed by atoms with Crippen LogP contribution in [0.3, 0.4) is 0 Å². The van der Waals surface area contributed by atoms with Crippen LogP contribution in [0.2, 0.25) is 0 Å². The van der Waals surface area contributed by atoms with E-state index < -0.39 is 15.8 Å². The van der Waals surface area contributed by atoms with Crippen LogP contribution >= 0.6 is 23.1 Å². The maximum Gasteiger partial charge on any atom is 0.263 e. The van der Waals surface area contributed by atoms with Crippen LogP contribution in [0.25, 0.3) is 0 Å². The van der Waals surface area contributed by atoms with Gasteiger partial charge in [-0.15, -0.1) is 10.2 Å². The van der Waals surface area contributed by atoms with Crippen molar-refractivity contribution in [1.29, 1.82) is 0 Å². The van der Waals surface area contributed by atoms with Crippen LogP contribution in [0.5, 0.6) is 5.75 Å². The molecule has 0 unspecified atom stereocenters. The average Bonchev–Trinajstić information content (AvgIpc) is 2.91. The average molecular weight is 363 g/mol. The van der Waals surface area contributed by atoms with E-state index in [-0.39, 0.29) is 15.8 Å². The van der Waals surface area contributed by atoms with Crippen molar-refractivity contribution in [2.24, 2.45) is 0 Å². The number of nitrogens with zero attached hydrogens (tertiary/aromatic N) is 2. The van der Waals surface area contributed by atoms with Gasteiger partial charge in [0.2, 0.25) is 5.13 Å². The largest absolute Gasteiger partial charge is 0.494 e. The zero-order valence-electron chi connectivity index (χ0n) is 11.9. The molecule has 2 aromatic rings. The predicted molar refractivity (Wildman–Crippen MR) is 84.7 cm³/mol. The first-order valence-electron chi connectivity index (χ1n) is 6.29. The van der Waals surface area contributed by atoms with Crippen molar-refractivity contribution in [1.82, 2.24) is 10.2 Å². The lowest BCUT2D eigenvalue weighted by atomic mass is 10.3. The van der Waals surface area contributed by atoms with Crippen molar-refractivity contribution >= 4 is 38.3 Å². The fourth-order valence-electron chi connectivity index (χ4n) is 1.49. The Balaban J connectivity index is 2.17. The van der Waals surface area contributed by atoms with Crippen LogP contribution < -0.4 is 9.46 Å². The normalized spacial score (nSPS) is 11.4. The first kappa shape index (κ1) is 17.0. The predicted octanol–water partition coefficient (Wildman–Crippen LogP) is 2.99. The fourth-order valence-corrected chi connectivity index (χ4v) is 4.41. The van der Waals surface area contributed by atoms with Crippen LogP contribution in [0, 0.1) is 5.82 Å². The first-order valence-corrected chi connectivity index (χ1v) is 9.57. The van der Waals surface area contributed by atoms with E-state index in [1.165, 1.54) is 31.0 Å². The highest BCUT2D eigenvalue weighted by atomic mass is 32.2. The molecule has 0 saturated carbocycles. The second-order valence-corrected chi connectivity index (χ2v) is 8.13. The van der Waals surface area contributed by atoms with E-state index in [0.717, 1.165) is 29.6 Å². The molecule has 2 rings (SSSR count). The molecule has 0 fully saturated rings. The number of benzene rings is 1. The molecule has 10 heteroatoms. The van der Waals surface area contributed by atoms with E-state index in [1.807, 2.05) is 6.92 Å². The van der Waals surface area contributed by atoms with E-state index in [1.54, 1.807) is 0 Å². The van der Waals surface area contributed by atoms with E-state index in [0.29, 0.717) is 4.34 Å². The molecule has 0 aliphatic rings. The Morgan fingerprint density at radius 3 is 2.82 bits per heavy atom. The first-order chi connectivity index (χ1) is 10.5. The highest BCUT2D eigenvalue weighted by Crippen LogP contribution is 2.28. The molecule has 1 aromatic heterocycles. The number of halogens is 1. The third kappa shape index (κ3) is 4.08. The fraction of sp³-hybridized carbons (Fsp3) is 0.333. The molecule has 1 heterocycles. The minimum absolute atomic E-state index is 0.0203. The summed E-state index contributed by atoms with van der Waals surface area (Å²) in [5.41, 5.74) is 0. The third-order valence-electron chi connectivity index (χ3n) is 2.49. The van der Waals surface area contributed by atoms with Gasteiger partial charge >= 0.3 is 0 Å². The zero-order chi connectivity index (χ0) is 16.2. The Morgan fingerprint density at radius 2 is 2.18 bits per heavy atom. The minimum atomic E-state index is -3.91. The number of nitrogens with one attached hydrogen (secondary N) is 1. The molecule has 0 radical (unpaired) electrons. The molecule has 0 atom stereocenters. The Morgan fingerprint density at radius 1 is 1.41 bits per heavy atom. The van der Waals surface area contributed by atoms with Gasteiger partial charge in [0.1, 0.15) is 0 Å². The van der Waals surface area contributed by atoms with Crippen molar-refractivity contribution in [2.45, 2.75) is 22.6 Å². The van der Waals surface area contributed by atoms with Gasteiger partial charge in [-0.05, 0) is 24.6 Å². The molecular formula is C12H14FN3O3S3. The molecule has 1 N–H and O–H groups in total. The number of methoxy groups -OCH3 is 1. The van der Waals surface area contributed by atoms with E-state index >= 15 is 0 Å². The van der Waals surface area contributed by atoms with E-state index in [9.17, 15) is 12.8 Å². The number of thioether (sulfide) groups is 1. The summed E-state index contributed by atoms with van der Waals surface area (Å²) >= 11 is 2.64. The monoisotopic (exact) mass is 363 g/mol. The second kappa shape index (κ2) is 7.25. The van der Waals surface area contributed by atoms with Crippen LogP contribution in [-0.2, 0) is 10.0 Å². The molecule has 6 nitrogen and oxygen atoms in total. The number of hydrogen-bond donors (Lipinski definition) is 1. The molecule has 0 bridgehead atoms. The second-order valence-electron chi connectivity index (χ2n) is 4.12. The number of rotatable bonds is 7. The summed E-state index contributed by atoms with van der Waals surface area (Å²) < 4.78 is 45.7. The molecule has 1 aromatic carbocycles. The summed E-state index contributed by atoms with van der Waals surface area (Å²) in [7, 11) is -2.61. The number of ether oxygens (including phenoxy) is 1. The molecule has 0 aliphatic carbocycles. The van der Waals surface area contributed by atoms with Gasteiger partial charge in [-0.3, -0.25) is 4.72 Å². The number of hydrogen-bond acceptors (Lipinski definition) is 7. The number of sulfonamides is 1. The van der Waals surface area contributed by atoms with Crippen molar-refractivity contribution in [3.63, 3.8) is 0 Å². The molecule has 0 aliphatic heterocycles. The molecule has 22 heavy (non-hydrogen) atoms. The molecule has 0 saturated heterocycles. The van der Waals surface area contributed by atoms with Crippen molar-refractivity contribution in [3.8, 4) is 5.75 Å². The molecule has 0 amide bonds. The molecular weight excluding hydrogens is 349 g/mol. The van der Waals surface area contributed by atoms with Gasteiger partial charge in [-0.2, -0.15) is 0 Å². The number of anilines is 1. The minimum Gasteiger partial charge on any atom is -0.494 e. The van der Waals surface area contributed by atoms with Crippen molar-refractivity contribution in [2.75, 3.05) is 17.6 Å². The third-order valence-corrected chi connectivity index (χ3v) is 6.14. The maximum absolute atomic E-state index is 13.6. The van der Waals surface area contributed by atoms with Gasteiger partial charge in [-0.1, -0.05) is 30.0 Å². The van der Waals surface area contributed by atoms with Crippen LogP contribution in [0.4, 0.5) is 9.52 Å². The summed E-state index contributed by atoms with van der Waals surface area (Å²) in [6.45, 7) is 2.04. The zero-order valence-corrected chi connectivity index (χ0v) is 14.3. The van der Waals surface area contributed by atoms with E-state index in [4.69, 9.17) is 4.74 Å². The Kier molecular flexibility index (Phi) is 5.59. The smallest absolute Gasteiger partial charge is 0.263 e. The van der Waals surface area contributed by atoms with Gasteiger partial charge in [0.25, 0.3) is 10.0 Å². The summed E-state index contributed by atoms with van der Waals surface area (Å²) in [5.74, 6) is 0.111. The lowest BCUT2D eigenvalue weighted by Crippen LogP contribution is -2.13. The van der Waals surface area contributed by atoms with Crippen LogP contribution in [-0.4, -0.2) is 31.5 Å². The topological polar surface area (TPSA) is 81.2 Å². The summed E-state index contributed by atoms with van der Waals surface area (Å²) in [6, 6.07) is 3.42. The highest BCUT2D eigenvalue weighted by molar-refractivity contribution is 8.01. The summed E-state index contributed by atoms with van der Waals surface area (Å²) in [4.78, 5) is -0.205.